The molecule has 2 N–H and O–H groups in total. The average Bonchev–Trinajstić information content (AvgIpc) is 2.36. The van der Waals surface area contributed by atoms with E-state index in [0.29, 0.717) is 16.3 Å². The van der Waals surface area contributed by atoms with Crippen molar-refractivity contribution in [2.75, 3.05) is 5.32 Å². The molecule has 4 nitrogen and oxygen atoms in total. The minimum atomic E-state index is -0.295. The van der Waals surface area contributed by atoms with E-state index in [4.69, 9.17) is 11.6 Å². The molecule has 92 valence electrons. The van der Waals surface area contributed by atoms with Gasteiger partial charge in [-0.2, -0.15) is 0 Å². The molecule has 0 atom stereocenters. The Bertz CT molecular complexity index is 629. The Morgan fingerprint density at radius 1 is 1.28 bits per heavy atom. The van der Waals surface area contributed by atoms with Crippen LogP contribution in [0.25, 0.3) is 0 Å². The van der Waals surface area contributed by atoms with Crippen LogP contribution in [0.2, 0.25) is 5.02 Å². The van der Waals surface area contributed by atoms with Crippen LogP contribution >= 0.6 is 11.6 Å². The molecule has 0 bridgehead atoms. The van der Waals surface area contributed by atoms with Crippen molar-refractivity contribution < 1.29 is 4.79 Å². The van der Waals surface area contributed by atoms with Crippen LogP contribution < -0.4 is 10.9 Å². The van der Waals surface area contributed by atoms with E-state index in [9.17, 15) is 9.59 Å². The lowest BCUT2D eigenvalue weighted by molar-refractivity contribution is 0.102. The number of pyridine rings is 1. The van der Waals surface area contributed by atoms with E-state index >= 15 is 0 Å². The van der Waals surface area contributed by atoms with Crippen LogP contribution in [-0.2, 0) is 0 Å². The number of halogens is 1. The highest BCUT2D eigenvalue weighted by Crippen LogP contribution is 2.23. The fraction of sp³-hybridized carbons (Fsp3) is 0.0769. The molecule has 2 rings (SSSR count). The first kappa shape index (κ1) is 12.4. The smallest absolute Gasteiger partial charge is 0.257 e. The maximum Gasteiger partial charge on any atom is 0.257 e. The van der Waals surface area contributed by atoms with Crippen molar-refractivity contribution in [2.45, 2.75) is 6.92 Å². The van der Waals surface area contributed by atoms with Gasteiger partial charge in [-0.1, -0.05) is 17.7 Å². The largest absolute Gasteiger partial charge is 0.328 e. The SMILES string of the molecule is Cc1c(Cl)cccc1NC(=O)c1ccc(=O)[nH]c1. The minimum absolute atomic E-state index is 0.245. The third-order valence-corrected chi connectivity index (χ3v) is 2.97. The molecule has 0 aliphatic rings. The van der Waals surface area contributed by atoms with Crippen LogP contribution in [0.15, 0.2) is 41.3 Å². The Kier molecular flexibility index (Phi) is 3.48. The summed E-state index contributed by atoms with van der Waals surface area (Å²) in [5.74, 6) is -0.295. The number of nitrogens with one attached hydrogen (secondary N) is 2. The zero-order valence-electron chi connectivity index (χ0n) is 9.66. The fourth-order valence-electron chi connectivity index (χ4n) is 1.49. The van der Waals surface area contributed by atoms with Gasteiger partial charge in [-0.05, 0) is 30.7 Å². The van der Waals surface area contributed by atoms with Gasteiger partial charge in [0.15, 0.2) is 0 Å². The number of hydrogen-bond acceptors (Lipinski definition) is 2. The van der Waals surface area contributed by atoms with Crippen molar-refractivity contribution in [1.82, 2.24) is 4.98 Å². The van der Waals surface area contributed by atoms with E-state index < -0.39 is 0 Å². The molecule has 0 radical (unpaired) electrons. The molecule has 0 aliphatic carbocycles. The van der Waals surface area contributed by atoms with E-state index in [1.807, 2.05) is 6.92 Å². The number of aromatic amines is 1. The summed E-state index contributed by atoms with van der Waals surface area (Å²) in [6, 6.07) is 8.06. The topological polar surface area (TPSA) is 62.0 Å². The molecular formula is C13H11ClN2O2. The standard InChI is InChI=1S/C13H11ClN2O2/c1-8-10(14)3-2-4-11(8)16-13(18)9-5-6-12(17)15-7-9/h2-7H,1H3,(H,15,17)(H,16,18). The maximum atomic E-state index is 11.9. The van der Waals surface area contributed by atoms with E-state index in [-0.39, 0.29) is 11.5 Å². The summed E-state index contributed by atoms with van der Waals surface area (Å²) in [7, 11) is 0. The van der Waals surface area contributed by atoms with Crippen LogP contribution in [0.5, 0.6) is 0 Å². The number of amides is 1. The Morgan fingerprint density at radius 2 is 2.06 bits per heavy atom. The highest BCUT2D eigenvalue weighted by molar-refractivity contribution is 6.31. The number of rotatable bonds is 2. The quantitative estimate of drug-likeness (QED) is 0.874. The van der Waals surface area contributed by atoms with Crippen molar-refractivity contribution in [3.63, 3.8) is 0 Å². The Morgan fingerprint density at radius 3 is 2.72 bits per heavy atom. The van der Waals surface area contributed by atoms with Crippen LogP contribution in [0.4, 0.5) is 5.69 Å². The van der Waals surface area contributed by atoms with Gasteiger partial charge in [0.05, 0.1) is 5.56 Å². The van der Waals surface area contributed by atoms with E-state index in [0.717, 1.165) is 5.56 Å². The van der Waals surface area contributed by atoms with Gasteiger partial charge in [0, 0.05) is 23.0 Å². The first-order valence-corrected chi connectivity index (χ1v) is 5.71. The molecule has 1 amide bonds. The second kappa shape index (κ2) is 5.06. The highest BCUT2D eigenvalue weighted by atomic mass is 35.5. The van der Waals surface area contributed by atoms with Crippen LogP contribution in [0, 0.1) is 6.92 Å². The van der Waals surface area contributed by atoms with Gasteiger partial charge in [-0.3, -0.25) is 9.59 Å². The van der Waals surface area contributed by atoms with Crippen molar-refractivity contribution >= 4 is 23.2 Å². The Labute approximate surface area is 109 Å². The molecule has 0 unspecified atom stereocenters. The third-order valence-electron chi connectivity index (χ3n) is 2.56. The first-order valence-electron chi connectivity index (χ1n) is 5.33. The number of benzene rings is 1. The average molecular weight is 263 g/mol. The van der Waals surface area contributed by atoms with Gasteiger partial charge in [0.2, 0.25) is 5.56 Å². The lowest BCUT2D eigenvalue weighted by Gasteiger charge is -2.09. The summed E-state index contributed by atoms with van der Waals surface area (Å²) < 4.78 is 0. The molecular weight excluding hydrogens is 252 g/mol. The summed E-state index contributed by atoms with van der Waals surface area (Å²) >= 11 is 5.97. The second-order valence-electron chi connectivity index (χ2n) is 3.81. The second-order valence-corrected chi connectivity index (χ2v) is 4.22. The Balaban J connectivity index is 2.24. The highest BCUT2D eigenvalue weighted by Gasteiger charge is 2.08. The summed E-state index contributed by atoms with van der Waals surface area (Å²) in [6.07, 6.45) is 1.37. The number of aromatic nitrogens is 1. The molecule has 0 saturated carbocycles. The summed E-state index contributed by atoms with van der Waals surface area (Å²) in [6.45, 7) is 1.82. The lowest BCUT2D eigenvalue weighted by Crippen LogP contribution is -2.15. The molecule has 2 aromatic rings. The van der Waals surface area contributed by atoms with Crippen LogP contribution in [-0.4, -0.2) is 10.9 Å². The number of hydrogen-bond donors (Lipinski definition) is 2. The van der Waals surface area contributed by atoms with Crippen molar-refractivity contribution in [3.05, 3.63) is 63.0 Å². The lowest BCUT2D eigenvalue weighted by atomic mass is 10.2. The number of carbonyl (C=O) groups excluding carboxylic acids is 1. The predicted molar refractivity (Wildman–Crippen MR) is 71.2 cm³/mol. The van der Waals surface area contributed by atoms with Gasteiger partial charge in [-0.25, -0.2) is 0 Å². The zero-order valence-corrected chi connectivity index (χ0v) is 10.4. The Hall–Kier alpha value is -2.07. The van der Waals surface area contributed by atoms with Gasteiger partial charge in [0.1, 0.15) is 0 Å². The molecule has 0 saturated heterocycles. The molecule has 18 heavy (non-hydrogen) atoms. The number of anilines is 1. The summed E-state index contributed by atoms with van der Waals surface area (Å²) in [5, 5.41) is 3.33. The van der Waals surface area contributed by atoms with E-state index in [1.165, 1.54) is 18.3 Å². The zero-order chi connectivity index (χ0) is 13.1. The molecule has 1 aromatic heterocycles. The molecule has 0 aliphatic heterocycles. The van der Waals surface area contributed by atoms with Crippen molar-refractivity contribution in [1.29, 1.82) is 0 Å². The van der Waals surface area contributed by atoms with Crippen molar-refractivity contribution in [2.24, 2.45) is 0 Å². The monoisotopic (exact) mass is 262 g/mol. The van der Waals surface area contributed by atoms with Crippen molar-refractivity contribution in [3.8, 4) is 0 Å². The van der Waals surface area contributed by atoms with Crippen LogP contribution in [0.3, 0.4) is 0 Å². The molecule has 1 aromatic carbocycles. The third kappa shape index (κ3) is 2.60. The number of carbonyl (C=O) groups is 1. The molecule has 5 heteroatoms. The predicted octanol–water partition coefficient (Wildman–Crippen LogP) is 2.59. The molecule has 0 fully saturated rings. The maximum absolute atomic E-state index is 11.9. The summed E-state index contributed by atoms with van der Waals surface area (Å²) in [4.78, 5) is 25.3. The fourth-order valence-corrected chi connectivity index (χ4v) is 1.66. The normalized spacial score (nSPS) is 10.1. The first-order chi connectivity index (χ1) is 8.58. The minimum Gasteiger partial charge on any atom is -0.328 e. The summed E-state index contributed by atoms with van der Waals surface area (Å²) in [5.41, 5.74) is 1.59. The van der Waals surface area contributed by atoms with E-state index in [2.05, 4.69) is 10.3 Å². The van der Waals surface area contributed by atoms with Gasteiger partial charge in [-0.15, -0.1) is 0 Å². The van der Waals surface area contributed by atoms with Gasteiger partial charge >= 0.3 is 0 Å². The van der Waals surface area contributed by atoms with Crippen LogP contribution in [0.1, 0.15) is 15.9 Å². The van der Waals surface area contributed by atoms with Gasteiger partial charge < -0.3 is 10.3 Å². The molecule has 0 spiro atoms. The van der Waals surface area contributed by atoms with Gasteiger partial charge in [0.25, 0.3) is 5.91 Å². The molecule has 1 heterocycles. The number of H-pyrrole nitrogens is 1. The van der Waals surface area contributed by atoms with E-state index in [1.54, 1.807) is 18.2 Å².